The number of hydrogen-bond donors (Lipinski definition) is 1. The van der Waals surface area contributed by atoms with Gasteiger partial charge in [0.05, 0.1) is 12.0 Å². The van der Waals surface area contributed by atoms with E-state index in [1.165, 1.54) is 0 Å². The van der Waals surface area contributed by atoms with Crippen molar-refractivity contribution in [2.24, 2.45) is 0 Å². The van der Waals surface area contributed by atoms with E-state index >= 15 is 0 Å². The molecule has 0 saturated carbocycles. The lowest BCUT2D eigenvalue weighted by Crippen LogP contribution is -2.36. The first-order valence-corrected chi connectivity index (χ1v) is 6.37. The lowest BCUT2D eigenvalue weighted by molar-refractivity contribution is -0.122. The summed E-state index contributed by atoms with van der Waals surface area (Å²) < 4.78 is 6.97. The average Bonchev–Trinajstić information content (AvgIpc) is 2.89. The highest BCUT2D eigenvalue weighted by Crippen LogP contribution is 2.04. The molecule has 19 heavy (non-hydrogen) atoms. The Bertz CT molecular complexity index is 543. The van der Waals surface area contributed by atoms with Crippen LogP contribution in [-0.4, -0.2) is 21.7 Å². The zero-order valence-corrected chi connectivity index (χ0v) is 11.5. The first kappa shape index (κ1) is 13.4. The second-order valence-electron chi connectivity index (χ2n) is 4.84. The number of carbonyl (C=O) groups is 1. The second-order valence-corrected chi connectivity index (χ2v) is 4.84. The number of furan rings is 1. The third-order valence-corrected chi connectivity index (χ3v) is 2.89. The van der Waals surface area contributed by atoms with E-state index in [0.717, 1.165) is 17.1 Å². The van der Waals surface area contributed by atoms with Crippen molar-refractivity contribution in [3.63, 3.8) is 0 Å². The Morgan fingerprint density at radius 2 is 2.32 bits per heavy atom. The van der Waals surface area contributed by atoms with E-state index in [1.807, 2.05) is 39.0 Å². The maximum Gasteiger partial charge on any atom is 0.241 e. The van der Waals surface area contributed by atoms with Gasteiger partial charge in [-0.05, 0) is 39.0 Å². The monoisotopic (exact) mass is 261 g/mol. The molecule has 0 aliphatic carbocycles. The summed E-state index contributed by atoms with van der Waals surface area (Å²) in [5.74, 6) is 0.837. The molecule has 1 N–H and O–H groups in total. The van der Waals surface area contributed by atoms with Crippen molar-refractivity contribution in [3.8, 4) is 0 Å². The van der Waals surface area contributed by atoms with Crippen molar-refractivity contribution < 1.29 is 9.21 Å². The predicted octanol–water partition coefficient (Wildman–Crippen LogP) is 1.84. The molecule has 1 amide bonds. The fourth-order valence-electron chi connectivity index (χ4n) is 2.07. The van der Waals surface area contributed by atoms with Crippen molar-refractivity contribution in [1.82, 2.24) is 15.1 Å². The summed E-state index contributed by atoms with van der Waals surface area (Å²) in [7, 11) is 0. The molecular weight excluding hydrogens is 242 g/mol. The lowest BCUT2D eigenvalue weighted by atomic mass is 10.2. The molecule has 2 heterocycles. The summed E-state index contributed by atoms with van der Waals surface area (Å²) in [6.07, 6.45) is 2.33. The summed E-state index contributed by atoms with van der Waals surface area (Å²) in [6, 6.07) is 5.75. The van der Waals surface area contributed by atoms with E-state index in [1.54, 1.807) is 10.9 Å². The van der Waals surface area contributed by atoms with Crippen LogP contribution in [0.3, 0.4) is 0 Å². The molecule has 5 heteroatoms. The molecule has 2 rings (SSSR count). The molecular formula is C14H19N3O2. The molecule has 0 fully saturated rings. The van der Waals surface area contributed by atoms with Gasteiger partial charge in [0, 0.05) is 18.2 Å². The lowest BCUT2D eigenvalue weighted by Gasteiger charge is -2.13. The van der Waals surface area contributed by atoms with Gasteiger partial charge in [-0.25, -0.2) is 0 Å². The third-order valence-electron chi connectivity index (χ3n) is 2.89. The topological polar surface area (TPSA) is 60.1 Å². The van der Waals surface area contributed by atoms with E-state index in [0.29, 0.717) is 6.42 Å². The number of rotatable bonds is 5. The summed E-state index contributed by atoms with van der Waals surface area (Å²) in [4.78, 5) is 11.9. The van der Waals surface area contributed by atoms with Crippen molar-refractivity contribution in [2.75, 3.05) is 0 Å². The van der Waals surface area contributed by atoms with E-state index in [-0.39, 0.29) is 18.5 Å². The Balaban J connectivity index is 1.85. The van der Waals surface area contributed by atoms with Gasteiger partial charge in [0.1, 0.15) is 12.3 Å². The van der Waals surface area contributed by atoms with Crippen LogP contribution in [0.1, 0.15) is 24.1 Å². The van der Waals surface area contributed by atoms with Gasteiger partial charge in [-0.1, -0.05) is 0 Å². The summed E-state index contributed by atoms with van der Waals surface area (Å²) in [5, 5.41) is 7.21. The molecule has 0 bridgehead atoms. The van der Waals surface area contributed by atoms with Gasteiger partial charge in [-0.15, -0.1) is 0 Å². The highest BCUT2D eigenvalue weighted by Gasteiger charge is 2.11. The third kappa shape index (κ3) is 3.71. The number of amides is 1. The van der Waals surface area contributed by atoms with E-state index in [2.05, 4.69) is 10.4 Å². The van der Waals surface area contributed by atoms with Crippen LogP contribution in [0.2, 0.25) is 0 Å². The van der Waals surface area contributed by atoms with Gasteiger partial charge < -0.3 is 9.73 Å². The largest absolute Gasteiger partial charge is 0.469 e. The fraction of sp³-hybridized carbons (Fsp3) is 0.429. The SMILES string of the molecule is Cc1cc(C)n(CC(=O)N[C@@H](C)Cc2ccco2)n1. The highest BCUT2D eigenvalue weighted by molar-refractivity contribution is 5.76. The molecule has 0 aliphatic heterocycles. The zero-order valence-electron chi connectivity index (χ0n) is 11.5. The minimum atomic E-state index is -0.0368. The minimum absolute atomic E-state index is 0.0368. The van der Waals surface area contributed by atoms with Gasteiger partial charge in [0.25, 0.3) is 0 Å². The molecule has 2 aromatic rings. The van der Waals surface area contributed by atoms with Crippen molar-refractivity contribution in [2.45, 2.75) is 39.8 Å². The Hall–Kier alpha value is -2.04. The molecule has 1 atom stereocenters. The van der Waals surface area contributed by atoms with Crippen molar-refractivity contribution in [3.05, 3.63) is 41.6 Å². The first-order chi connectivity index (χ1) is 9.04. The van der Waals surface area contributed by atoms with Crippen LogP contribution in [0.4, 0.5) is 0 Å². The van der Waals surface area contributed by atoms with Gasteiger partial charge in [-0.3, -0.25) is 9.48 Å². The Morgan fingerprint density at radius 1 is 1.53 bits per heavy atom. The second kappa shape index (κ2) is 5.73. The van der Waals surface area contributed by atoms with Crippen LogP contribution in [0, 0.1) is 13.8 Å². The smallest absolute Gasteiger partial charge is 0.241 e. The van der Waals surface area contributed by atoms with Gasteiger partial charge >= 0.3 is 0 Å². The molecule has 0 saturated heterocycles. The summed E-state index contributed by atoms with van der Waals surface area (Å²) in [6.45, 7) is 6.07. The van der Waals surface area contributed by atoms with E-state index in [4.69, 9.17) is 4.42 Å². The standard InChI is InChI=1S/C14H19N3O2/c1-10(8-13-5-4-6-19-13)15-14(18)9-17-12(3)7-11(2)16-17/h4-7,10H,8-9H2,1-3H3,(H,15,18)/t10-/m0/s1. The first-order valence-electron chi connectivity index (χ1n) is 6.37. The van der Waals surface area contributed by atoms with Crippen molar-refractivity contribution in [1.29, 1.82) is 0 Å². The van der Waals surface area contributed by atoms with Crippen LogP contribution in [-0.2, 0) is 17.8 Å². The molecule has 2 aromatic heterocycles. The molecule has 0 aromatic carbocycles. The van der Waals surface area contributed by atoms with Crippen LogP contribution >= 0.6 is 0 Å². The summed E-state index contributed by atoms with van der Waals surface area (Å²) in [5.41, 5.74) is 1.92. The minimum Gasteiger partial charge on any atom is -0.469 e. The molecule has 0 radical (unpaired) electrons. The van der Waals surface area contributed by atoms with Crippen LogP contribution in [0.5, 0.6) is 0 Å². The Morgan fingerprint density at radius 3 is 2.89 bits per heavy atom. The quantitative estimate of drug-likeness (QED) is 0.893. The highest BCUT2D eigenvalue weighted by atomic mass is 16.3. The van der Waals surface area contributed by atoms with E-state index < -0.39 is 0 Å². The maximum atomic E-state index is 11.9. The number of nitrogens with zero attached hydrogens (tertiary/aromatic N) is 2. The molecule has 0 spiro atoms. The van der Waals surface area contributed by atoms with Gasteiger partial charge in [0.15, 0.2) is 0 Å². The number of nitrogens with one attached hydrogen (secondary N) is 1. The molecule has 5 nitrogen and oxygen atoms in total. The number of carbonyl (C=O) groups excluding carboxylic acids is 1. The average molecular weight is 261 g/mol. The maximum absolute atomic E-state index is 11.9. The number of aromatic nitrogens is 2. The van der Waals surface area contributed by atoms with Gasteiger partial charge in [0.2, 0.25) is 5.91 Å². The Kier molecular flexibility index (Phi) is 4.04. The van der Waals surface area contributed by atoms with Crippen LogP contribution in [0.25, 0.3) is 0 Å². The van der Waals surface area contributed by atoms with Gasteiger partial charge in [-0.2, -0.15) is 5.10 Å². The molecule has 0 unspecified atom stereocenters. The Labute approximate surface area is 112 Å². The zero-order chi connectivity index (χ0) is 13.8. The van der Waals surface area contributed by atoms with Crippen molar-refractivity contribution >= 4 is 5.91 Å². The predicted molar refractivity (Wildman–Crippen MR) is 71.7 cm³/mol. The number of hydrogen-bond acceptors (Lipinski definition) is 3. The fourth-order valence-corrected chi connectivity index (χ4v) is 2.07. The molecule has 102 valence electrons. The number of aryl methyl sites for hydroxylation is 2. The van der Waals surface area contributed by atoms with Crippen LogP contribution < -0.4 is 5.32 Å². The normalized spacial score (nSPS) is 12.4. The molecule has 0 aliphatic rings. The van der Waals surface area contributed by atoms with E-state index in [9.17, 15) is 4.79 Å². The van der Waals surface area contributed by atoms with Crippen LogP contribution in [0.15, 0.2) is 28.9 Å². The summed E-state index contributed by atoms with van der Waals surface area (Å²) >= 11 is 0.